The number of carbonyl (C=O) groups excluding carboxylic acids is 4. The summed E-state index contributed by atoms with van der Waals surface area (Å²) in [7, 11) is 0. The largest absolute Gasteiger partial charge is 0.493 e. The van der Waals surface area contributed by atoms with E-state index >= 15 is 0 Å². The number of likely N-dealkylation sites (N-methyl/N-ethyl adjacent to an activating group) is 1. The Hall–Kier alpha value is -3.18. The summed E-state index contributed by atoms with van der Waals surface area (Å²) in [4.78, 5) is 55.7. The fourth-order valence-electron chi connectivity index (χ4n) is 4.28. The molecule has 0 bridgehead atoms. The summed E-state index contributed by atoms with van der Waals surface area (Å²) >= 11 is 0. The van der Waals surface area contributed by atoms with Crippen molar-refractivity contribution in [1.82, 2.24) is 25.8 Å². The van der Waals surface area contributed by atoms with Crippen LogP contribution in [0.25, 0.3) is 0 Å². The maximum absolute atomic E-state index is 13.4. The Morgan fingerprint density at radius 3 is 2.56 bits per heavy atom. The number of ether oxygens (including phenoxy) is 1. The molecule has 1 aromatic rings. The number of nitrogens with one attached hydrogen (secondary N) is 3. The summed E-state index contributed by atoms with van der Waals surface area (Å²) in [6.45, 7) is 7.45. The van der Waals surface area contributed by atoms with E-state index in [1.165, 1.54) is 6.92 Å². The minimum absolute atomic E-state index is 0.0432. The second-order valence-corrected chi connectivity index (χ2v) is 9.10. The van der Waals surface area contributed by atoms with E-state index < -0.39 is 35.9 Å². The molecule has 1 aromatic carbocycles. The van der Waals surface area contributed by atoms with Crippen LogP contribution in [0.1, 0.15) is 43.5 Å². The highest BCUT2D eigenvalue weighted by Gasteiger charge is 2.31. The fraction of sp³-hybridized carbons (Fsp3) is 0.600. The van der Waals surface area contributed by atoms with Gasteiger partial charge >= 0.3 is 0 Å². The Labute approximate surface area is 211 Å². The molecule has 2 aliphatic heterocycles. The van der Waals surface area contributed by atoms with Gasteiger partial charge in [0, 0.05) is 39.1 Å². The van der Waals surface area contributed by atoms with Crippen LogP contribution in [0, 0.1) is 0 Å². The van der Waals surface area contributed by atoms with Crippen molar-refractivity contribution in [2.75, 3.05) is 45.9 Å². The highest BCUT2D eigenvalue weighted by Crippen LogP contribution is 2.19. The molecular formula is C25H37N5O6. The summed E-state index contributed by atoms with van der Waals surface area (Å²) < 4.78 is 5.79. The second kappa shape index (κ2) is 13.2. The number of aliphatic hydroxyl groups excluding tert-OH is 1. The van der Waals surface area contributed by atoms with Crippen molar-refractivity contribution in [2.24, 2.45) is 0 Å². The van der Waals surface area contributed by atoms with E-state index in [0.717, 1.165) is 19.6 Å². The highest BCUT2D eigenvalue weighted by atomic mass is 16.5. The monoisotopic (exact) mass is 503 g/mol. The van der Waals surface area contributed by atoms with Crippen molar-refractivity contribution >= 4 is 23.6 Å². The van der Waals surface area contributed by atoms with Crippen molar-refractivity contribution < 1.29 is 29.0 Å². The number of benzene rings is 1. The fourth-order valence-corrected chi connectivity index (χ4v) is 4.28. The number of hydrogen-bond donors (Lipinski definition) is 4. The van der Waals surface area contributed by atoms with Gasteiger partial charge < -0.3 is 35.6 Å². The zero-order valence-electron chi connectivity index (χ0n) is 21.0. The summed E-state index contributed by atoms with van der Waals surface area (Å²) in [5.41, 5.74) is 0.292. The minimum Gasteiger partial charge on any atom is -0.493 e. The highest BCUT2D eigenvalue weighted by molar-refractivity contribution is 5.99. The van der Waals surface area contributed by atoms with Gasteiger partial charge in [0.1, 0.15) is 17.8 Å². The zero-order chi connectivity index (χ0) is 26.1. The summed E-state index contributed by atoms with van der Waals surface area (Å²) in [6, 6.07) is 4.70. The predicted molar refractivity (Wildman–Crippen MR) is 132 cm³/mol. The molecule has 4 amide bonds. The molecular weight excluding hydrogens is 466 g/mol. The van der Waals surface area contributed by atoms with Crippen molar-refractivity contribution in [3.05, 3.63) is 29.8 Å². The van der Waals surface area contributed by atoms with Gasteiger partial charge in [-0.3, -0.25) is 19.2 Å². The van der Waals surface area contributed by atoms with E-state index in [1.807, 2.05) is 0 Å². The van der Waals surface area contributed by atoms with Crippen LogP contribution < -0.4 is 20.7 Å². The lowest BCUT2D eigenvalue weighted by Gasteiger charge is -2.36. The SMILES string of the molecule is CCN1CCN(C(=O)[C@@H]2CCC(=O)NC([C@@H](C)O)C(=O)NCCCOc3ccccc3C(=O)N2)CC1. The van der Waals surface area contributed by atoms with Crippen molar-refractivity contribution in [2.45, 2.75) is 51.3 Å². The van der Waals surface area contributed by atoms with Gasteiger partial charge in [0.05, 0.1) is 18.3 Å². The first kappa shape index (κ1) is 27.4. The summed E-state index contributed by atoms with van der Waals surface area (Å²) in [5.74, 6) is -1.33. The van der Waals surface area contributed by atoms with Gasteiger partial charge in [-0.15, -0.1) is 0 Å². The van der Waals surface area contributed by atoms with Crippen molar-refractivity contribution in [1.29, 1.82) is 0 Å². The van der Waals surface area contributed by atoms with Crippen molar-refractivity contribution in [3.8, 4) is 5.75 Å². The third kappa shape index (κ3) is 7.41. The van der Waals surface area contributed by atoms with Crippen LogP contribution in [-0.4, -0.2) is 103 Å². The van der Waals surface area contributed by atoms with Crippen LogP contribution in [0.4, 0.5) is 0 Å². The average Bonchev–Trinajstić information content (AvgIpc) is 2.88. The molecule has 0 aliphatic carbocycles. The molecule has 0 aromatic heterocycles. The molecule has 1 fully saturated rings. The van der Waals surface area contributed by atoms with Crippen LogP contribution in [0.15, 0.2) is 24.3 Å². The molecule has 1 unspecified atom stereocenters. The van der Waals surface area contributed by atoms with E-state index in [9.17, 15) is 24.3 Å². The molecule has 0 saturated carbocycles. The lowest BCUT2D eigenvalue weighted by molar-refractivity contribution is -0.136. The molecule has 198 valence electrons. The van der Waals surface area contributed by atoms with Gasteiger partial charge in [0.2, 0.25) is 17.7 Å². The number of para-hydroxylation sites is 1. The van der Waals surface area contributed by atoms with Crippen LogP contribution in [0.3, 0.4) is 0 Å². The van der Waals surface area contributed by atoms with Gasteiger partial charge in [-0.1, -0.05) is 19.1 Å². The first-order valence-corrected chi connectivity index (χ1v) is 12.6. The smallest absolute Gasteiger partial charge is 0.255 e. The molecule has 4 N–H and O–H groups in total. The molecule has 36 heavy (non-hydrogen) atoms. The predicted octanol–water partition coefficient (Wildman–Crippen LogP) is -0.506. The van der Waals surface area contributed by atoms with E-state index in [2.05, 4.69) is 27.8 Å². The summed E-state index contributed by atoms with van der Waals surface area (Å²) in [5, 5.41) is 18.1. The molecule has 0 radical (unpaired) electrons. The topological polar surface area (TPSA) is 140 Å². The molecule has 2 heterocycles. The van der Waals surface area contributed by atoms with E-state index in [1.54, 1.807) is 29.2 Å². The van der Waals surface area contributed by atoms with Gasteiger partial charge in [-0.25, -0.2) is 0 Å². The third-order valence-corrected chi connectivity index (χ3v) is 6.49. The summed E-state index contributed by atoms with van der Waals surface area (Å²) in [6.07, 6.45) is -0.725. The van der Waals surface area contributed by atoms with Crippen LogP contribution in [0.2, 0.25) is 0 Å². The average molecular weight is 504 g/mol. The molecule has 3 atom stereocenters. The number of aliphatic hydroxyl groups is 1. The maximum atomic E-state index is 13.4. The van der Waals surface area contributed by atoms with Crippen molar-refractivity contribution in [3.63, 3.8) is 0 Å². The molecule has 11 heteroatoms. The number of hydrogen-bond acceptors (Lipinski definition) is 7. The van der Waals surface area contributed by atoms with Gasteiger partial charge in [-0.05, 0) is 38.4 Å². The van der Waals surface area contributed by atoms with Crippen LogP contribution >= 0.6 is 0 Å². The molecule has 1 saturated heterocycles. The number of carbonyl (C=O) groups is 4. The Balaban J connectivity index is 1.82. The molecule has 0 spiro atoms. The molecule has 3 rings (SSSR count). The minimum atomic E-state index is -1.13. The lowest BCUT2D eigenvalue weighted by atomic mass is 10.1. The Morgan fingerprint density at radius 1 is 1.14 bits per heavy atom. The van der Waals surface area contributed by atoms with Gasteiger partial charge in [0.15, 0.2) is 0 Å². The van der Waals surface area contributed by atoms with E-state index in [4.69, 9.17) is 4.74 Å². The van der Waals surface area contributed by atoms with Crippen LogP contribution in [-0.2, 0) is 14.4 Å². The van der Waals surface area contributed by atoms with E-state index in [-0.39, 0.29) is 31.9 Å². The molecule has 2 aliphatic rings. The number of fused-ring (bicyclic) bond motifs is 1. The standard InChI is InChI=1S/C25H37N5O6/c1-3-29-12-14-30(15-13-29)25(35)19-9-10-21(32)28-22(17(2)31)24(34)26-11-6-16-36-20-8-5-4-7-18(20)23(33)27-19/h4-5,7-8,17,19,22,31H,3,6,9-16H2,1-2H3,(H,26,34)(H,27,33)(H,28,32)/t17-,19+,22?/m1/s1. The van der Waals surface area contributed by atoms with Crippen LogP contribution in [0.5, 0.6) is 5.75 Å². The zero-order valence-corrected chi connectivity index (χ0v) is 21.0. The number of piperazine rings is 1. The molecule has 11 nitrogen and oxygen atoms in total. The number of amides is 4. The Bertz CT molecular complexity index is 931. The van der Waals surface area contributed by atoms with Gasteiger partial charge in [0.25, 0.3) is 5.91 Å². The first-order chi connectivity index (χ1) is 17.3. The first-order valence-electron chi connectivity index (χ1n) is 12.6. The number of nitrogens with zero attached hydrogens (tertiary/aromatic N) is 2. The quantitative estimate of drug-likeness (QED) is 0.436. The van der Waals surface area contributed by atoms with E-state index in [0.29, 0.717) is 30.8 Å². The van der Waals surface area contributed by atoms with Gasteiger partial charge in [-0.2, -0.15) is 0 Å². The number of rotatable bonds is 3. The Kier molecular flexibility index (Phi) is 10.1. The lowest BCUT2D eigenvalue weighted by Crippen LogP contribution is -2.55. The second-order valence-electron chi connectivity index (χ2n) is 9.10. The normalized spacial score (nSPS) is 24.0. The Morgan fingerprint density at radius 2 is 1.86 bits per heavy atom. The maximum Gasteiger partial charge on any atom is 0.255 e. The third-order valence-electron chi connectivity index (χ3n) is 6.49.